The SMILES string of the molecule is CNC(CCC(C)(C)C)c1cc(C)ccn1. The van der Waals surface area contributed by atoms with E-state index in [-0.39, 0.29) is 0 Å². The Labute approximate surface area is 99.5 Å². The molecule has 0 aliphatic rings. The molecule has 1 unspecified atom stereocenters. The van der Waals surface area contributed by atoms with Crippen LogP contribution in [0.4, 0.5) is 0 Å². The molecule has 90 valence electrons. The zero-order valence-electron chi connectivity index (χ0n) is 11.2. The highest BCUT2D eigenvalue weighted by molar-refractivity contribution is 5.17. The minimum atomic E-state index is 0.374. The zero-order chi connectivity index (χ0) is 12.2. The third-order valence-electron chi connectivity index (χ3n) is 2.83. The first-order valence-corrected chi connectivity index (χ1v) is 6.02. The van der Waals surface area contributed by atoms with Crippen LogP contribution in [-0.4, -0.2) is 12.0 Å². The Morgan fingerprint density at radius 2 is 2.06 bits per heavy atom. The largest absolute Gasteiger partial charge is 0.312 e. The van der Waals surface area contributed by atoms with Gasteiger partial charge in [-0.15, -0.1) is 0 Å². The Morgan fingerprint density at radius 1 is 1.38 bits per heavy atom. The van der Waals surface area contributed by atoms with Gasteiger partial charge in [0.1, 0.15) is 0 Å². The summed E-state index contributed by atoms with van der Waals surface area (Å²) in [6.07, 6.45) is 4.23. The fraction of sp³-hybridized carbons (Fsp3) is 0.643. The predicted molar refractivity (Wildman–Crippen MR) is 69.5 cm³/mol. The lowest BCUT2D eigenvalue weighted by atomic mass is 9.88. The summed E-state index contributed by atoms with van der Waals surface area (Å²) in [6, 6.07) is 4.59. The van der Waals surface area contributed by atoms with Crippen molar-refractivity contribution in [2.75, 3.05) is 7.05 Å². The highest BCUT2D eigenvalue weighted by atomic mass is 14.9. The summed E-state index contributed by atoms with van der Waals surface area (Å²) in [6.45, 7) is 8.96. The molecule has 0 aliphatic carbocycles. The molecule has 2 heteroatoms. The second kappa shape index (κ2) is 5.44. The molecule has 0 aliphatic heterocycles. The van der Waals surface area contributed by atoms with E-state index in [1.54, 1.807) is 0 Å². The van der Waals surface area contributed by atoms with Crippen LogP contribution in [0, 0.1) is 12.3 Å². The first-order chi connectivity index (χ1) is 7.42. The molecule has 1 aromatic heterocycles. The Hall–Kier alpha value is -0.890. The molecule has 1 rings (SSSR count). The number of nitrogens with one attached hydrogen (secondary N) is 1. The quantitative estimate of drug-likeness (QED) is 0.840. The van der Waals surface area contributed by atoms with E-state index in [2.05, 4.69) is 44.1 Å². The molecular weight excluding hydrogens is 196 g/mol. The van der Waals surface area contributed by atoms with Crippen molar-refractivity contribution < 1.29 is 0 Å². The summed E-state index contributed by atoms with van der Waals surface area (Å²) >= 11 is 0. The average molecular weight is 220 g/mol. The Balaban J connectivity index is 2.68. The van der Waals surface area contributed by atoms with Gasteiger partial charge in [0.25, 0.3) is 0 Å². The van der Waals surface area contributed by atoms with Gasteiger partial charge in [0.15, 0.2) is 0 Å². The molecular formula is C14H24N2. The van der Waals surface area contributed by atoms with Crippen molar-refractivity contribution in [1.29, 1.82) is 0 Å². The third kappa shape index (κ3) is 4.31. The maximum absolute atomic E-state index is 4.45. The van der Waals surface area contributed by atoms with Gasteiger partial charge < -0.3 is 5.32 Å². The molecule has 0 fully saturated rings. The van der Waals surface area contributed by atoms with Crippen LogP contribution in [0.1, 0.15) is 50.9 Å². The zero-order valence-corrected chi connectivity index (χ0v) is 11.2. The third-order valence-corrected chi connectivity index (χ3v) is 2.83. The number of rotatable bonds is 4. The van der Waals surface area contributed by atoms with Crippen molar-refractivity contribution in [3.63, 3.8) is 0 Å². The van der Waals surface area contributed by atoms with Crippen molar-refractivity contribution in [3.8, 4) is 0 Å². The van der Waals surface area contributed by atoms with E-state index in [9.17, 15) is 0 Å². The Bertz CT molecular complexity index is 326. The van der Waals surface area contributed by atoms with Crippen LogP contribution >= 0.6 is 0 Å². The topological polar surface area (TPSA) is 24.9 Å². The van der Waals surface area contributed by atoms with Crippen molar-refractivity contribution in [3.05, 3.63) is 29.6 Å². The van der Waals surface area contributed by atoms with Crippen molar-refractivity contribution >= 4 is 0 Å². The lowest BCUT2D eigenvalue weighted by Crippen LogP contribution is -2.20. The van der Waals surface area contributed by atoms with Gasteiger partial charge in [0, 0.05) is 12.2 Å². The molecule has 2 nitrogen and oxygen atoms in total. The highest BCUT2D eigenvalue weighted by Gasteiger charge is 2.16. The van der Waals surface area contributed by atoms with Crippen LogP contribution in [0.5, 0.6) is 0 Å². The van der Waals surface area contributed by atoms with E-state index in [1.165, 1.54) is 12.0 Å². The molecule has 1 N–H and O–H groups in total. The van der Waals surface area contributed by atoms with E-state index in [0.29, 0.717) is 11.5 Å². The van der Waals surface area contributed by atoms with Gasteiger partial charge >= 0.3 is 0 Å². The van der Waals surface area contributed by atoms with Crippen molar-refractivity contribution in [1.82, 2.24) is 10.3 Å². The second-order valence-corrected chi connectivity index (χ2v) is 5.70. The average Bonchev–Trinajstić information content (AvgIpc) is 2.17. The molecule has 0 aromatic carbocycles. The molecule has 0 radical (unpaired) electrons. The number of hydrogen-bond donors (Lipinski definition) is 1. The summed E-state index contributed by atoms with van der Waals surface area (Å²) in [5.41, 5.74) is 2.83. The summed E-state index contributed by atoms with van der Waals surface area (Å²) < 4.78 is 0. The number of aromatic nitrogens is 1. The van der Waals surface area contributed by atoms with Crippen LogP contribution in [0.2, 0.25) is 0 Å². The van der Waals surface area contributed by atoms with E-state index in [4.69, 9.17) is 0 Å². The van der Waals surface area contributed by atoms with Gasteiger partial charge in [-0.1, -0.05) is 20.8 Å². The van der Waals surface area contributed by atoms with Gasteiger partial charge in [-0.2, -0.15) is 0 Å². The molecule has 0 amide bonds. The van der Waals surface area contributed by atoms with Crippen LogP contribution in [0.3, 0.4) is 0 Å². The van der Waals surface area contributed by atoms with Gasteiger partial charge in [0.2, 0.25) is 0 Å². The molecule has 1 atom stereocenters. The van der Waals surface area contributed by atoms with Crippen LogP contribution < -0.4 is 5.32 Å². The van der Waals surface area contributed by atoms with Crippen LogP contribution in [0.15, 0.2) is 18.3 Å². The van der Waals surface area contributed by atoms with Gasteiger partial charge in [-0.3, -0.25) is 4.98 Å². The molecule has 0 saturated heterocycles. The molecule has 16 heavy (non-hydrogen) atoms. The predicted octanol–water partition coefficient (Wildman–Crippen LogP) is 3.48. The summed E-state index contributed by atoms with van der Waals surface area (Å²) in [5, 5.41) is 3.36. The maximum Gasteiger partial charge on any atom is 0.0575 e. The fourth-order valence-electron chi connectivity index (χ4n) is 1.77. The molecule has 1 heterocycles. The molecule has 0 bridgehead atoms. The minimum Gasteiger partial charge on any atom is -0.312 e. The lowest BCUT2D eigenvalue weighted by Gasteiger charge is -2.22. The lowest BCUT2D eigenvalue weighted by molar-refractivity contribution is 0.336. The number of aryl methyl sites for hydroxylation is 1. The summed E-state index contributed by atoms with van der Waals surface area (Å²) in [7, 11) is 2.01. The highest BCUT2D eigenvalue weighted by Crippen LogP contribution is 2.26. The molecule has 0 saturated carbocycles. The van der Waals surface area contributed by atoms with Gasteiger partial charge in [-0.05, 0) is 49.9 Å². The van der Waals surface area contributed by atoms with Crippen LogP contribution in [0.25, 0.3) is 0 Å². The van der Waals surface area contributed by atoms with E-state index in [0.717, 1.165) is 12.1 Å². The number of hydrogen-bond acceptors (Lipinski definition) is 2. The first-order valence-electron chi connectivity index (χ1n) is 6.02. The van der Waals surface area contributed by atoms with Gasteiger partial charge in [-0.25, -0.2) is 0 Å². The fourth-order valence-corrected chi connectivity index (χ4v) is 1.77. The van der Waals surface area contributed by atoms with Gasteiger partial charge in [0.05, 0.1) is 5.69 Å². The monoisotopic (exact) mass is 220 g/mol. The van der Waals surface area contributed by atoms with E-state index < -0.39 is 0 Å². The van der Waals surface area contributed by atoms with Crippen LogP contribution in [-0.2, 0) is 0 Å². The first kappa shape index (κ1) is 13.2. The Morgan fingerprint density at radius 3 is 2.56 bits per heavy atom. The summed E-state index contributed by atoms with van der Waals surface area (Å²) in [5.74, 6) is 0. The number of pyridine rings is 1. The van der Waals surface area contributed by atoms with E-state index in [1.807, 2.05) is 19.3 Å². The molecule has 1 aromatic rings. The van der Waals surface area contributed by atoms with Crippen molar-refractivity contribution in [2.45, 2.75) is 46.6 Å². The smallest absolute Gasteiger partial charge is 0.0575 e. The Kier molecular flexibility index (Phi) is 4.48. The minimum absolute atomic E-state index is 0.374. The normalized spacial score (nSPS) is 13.8. The summed E-state index contributed by atoms with van der Waals surface area (Å²) in [4.78, 5) is 4.45. The van der Waals surface area contributed by atoms with Crippen molar-refractivity contribution in [2.24, 2.45) is 5.41 Å². The van der Waals surface area contributed by atoms with E-state index >= 15 is 0 Å². The maximum atomic E-state index is 4.45. The molecule has 0 spiro atoms. The number of nitrogens with zero attached hydrogens (tertiary/aromatic N) is 1. The standard InChI is InChI=1S/C14H24N2/c1-11-7-9-16-13(10-11)12(15-5)6-8-14(2,3)4/h7,9-10,12,15H,6,8H2,1-5H3. The second-order valence-electron chi connectivity index (χ2n) is 5.70.